The third kappa shape index (κ3) is 2.24. The van der Waals surface area contributed by atoms with Gasteiger partial charge in [-0.3, -0.25) is 0 Å². The molecule has 3 rings (SSSR count). The summed E-state index contributed by atoms with van der Waals surface area (Å²) in [5, 5.41) is 3.41. The van der Waals surface area contributed by atoms with Gasteiger partial charge >= 0.3 is 0 Å². The molecule has 3 heteroatoms. The molecule has 1 aromatic heterocycles. The topological polar surface area (TPSA) is 29.9 Å². The highest BCUT2D eigenvalue weighted by Crippen LogP contribution is 2.22. The van der Waals surface area contributed by atoms with Crippen molar-refractivity contribution in [3.63, 3.8) is 0 Å². The van der Waals surface area contributed by atoms with E-state index in [9.17, 15) is 0 Å². The molecule has 0 bridgehead atoms. The van der Waals surface area contributed by atoms with Crippen molar-refractivity contribution in [2.75, 3.05) is 13.1 Å². The smallest absolute Gasteiger partial charge is 0.0951 e. The second-order valence-corrected chi connectivity index (χ2v) is 4.62. The van der Waals surface area contributed by atoms with E-state index in [-0.39, 0.29) is 0 Å². The molecule has 1 atom stereocenters. The lowest BCUT2D eigenvalue weighted by molar-refractivity contribution is 0.654. The van der Waals surface area contributed by atoms with Crippen LogP contribution < -0.4 is 5.32 Å². The highest BCUT2D eigenvalue weighted by atomic mass is 15.1. The maximum atomic E-state index is 4.30. The van der Waals surface area contributed by atoms with Crippen LogP contribution in [0.1, 0.15) is 23.6 Å². The summed E-state index contributed by atoms with van der Waals surface area (Å²) in [5.74, 6) is 0.626. The molecule has 0 aliphatic carbocycles. The van der Waals surface area contributed by atoms with E-state index in [2.05, 4.69) is 45.2 Å². The minimum absolute atomic E-state index is 0.626. The Morgan fingerprint density at radius 2 is 2.18 bits per heavy atom. The molecule has 17 heavy (non-hydrogen) atoms. The van der Waals surface area contributed by atoms with Gasteiger partial charge in [-0.05, 0) is 18.5 Å². The first kappa shape index (κ1) is 10.5. The maximum absolute atomic E-state index is 4.30. The van der Waals surface area contributed by atoms with Crippen LogP contribution in [0.15, 0.2) is 42.9 Å². The van der Waals surface area contributed by atoms with Gasteiger partial charge in [-0.1, -0.05) is 30.3 Å². The van der Waals surface area contributed by atoms with Gasteiger partial charge in [0, 0.05) is 30.9 Å². The molecule has 1 saturated heterocycles. The molecular weight excluding hydrogens is 210 g/mol. The van der Waals surface area contributed by atoms with Crippen molar-refractivity contribution in [3.05, 3.63) is 54.1 Å². The number of rotatable bonds is 3. The van der Waals surface area contributed by atoms with Crippen molar-refractivity contribution in [2.24, 2.45) is 0 Å². The van der Waals surface area contributed by atoms with Crippen LogP contribution in [0.3, 0.4) is 0 Å². The summed E-state index contributed by atoms with van der Waals surface area (Å²) in [6, 6.07) is 10.6. The number of imidazole rings is 1. The first-order valence-corrected chi connectivity index (χ1v) is 6.18. The van der Waals surface area contributed by atoms with Gasteiger partial charge in [0.2, 0.25) is 0 Å². The molecule has 88 valence electrons. The Bertz CT molecular complexity index is 469. The van der Waals surface area contributed by atoms with E-state index in [0.717, 1.165) is 19.6 Å². The van der Waals surface area contributed by atoms with Gasteiger partial charge in [0.05, 0.1) is 6.33 Å². The maximum Gasteiger partial charge on any atom is 0.0951 e. The highest BCUT2D eigenvalue weighted by molar-refractivity contribution is 5.17. The van der Waals surface area contributed by atoms with E-state index in [1.165, 1.54) is 17.7 Å². The molecule has 0 radical (unpaired) electrons. The molecule has 1 N–H and O–H groups in total. The van der Waals surface area contributed by atoms with E-state index in [1.54, 1.807) is 0 Å². The van der Waals surface area contributed by atoms with Crippen LogP contribution in [0.25, 0.3) is 0 Å². The zero-order valence-electron chi connectivity index (χ0n) is 9.84. The number of nitrogens with zero attached hydrogens (tertiary/aromatic N) is 2. The molecule has 1 aromatic carbocycles. The average molecular weight is 227 g/mol. The predicted octanol–water partition coefficient (Wildman–Crippen LogP) is 2.01. The first-order chi connectivity index (χ1) is 8.43. The Labute approximate surface area is 101 Å². The molecule has 2 aromatic rings. The third-order valence-electron chi connectivity index (χ3n) is 3.42. The summed E-state index contributed by atoms with van der Waals surface area (Å²) < 4.78 is 2.27. The minimum Gasteiger partial charge on any atom is -0.330 e. The molecule has 1 fully saturated rings. The fraction of sp³-hybridized carbons (Fsp3) is 0.357. The quantitative estimate of drug-likeness (QED) is 0.869. The van der Waals surface area contributed by atoms with Crippen LogP contribution in [0.4, 0.5) is 0 Å². The summed E-state index contributed by atoms with van der Waals surface area (Å²) in [4.78, 5) is 4.30. The second-order valence-electron chi connectivity index (χ2n) is 4.62. The zero-order chi connectivity index (χ0) is 11.5. The van der Waals surface area contributed by atoms with Crippen molar-refractivity contribution in [3.8, 4) is 0 Å². The Morgan fingerprint density at radius 1 is 1.29 bits per heavy atom. The number of benzene rings is 1. The van der Waals surface area contributed by atoms with Crippen LogP contribution in [0.5, 0.6) is 0 Å². The van der Waals surface area contributed by atoms with Crippen molar-refractivity contribution in [2.45, 2.75) is 18.9 Å². The third-order valence-corrected chi connectivity index (χ3v) is 3.42. The molecule has 0 saturated carbocycles. The van der Waals surface area contributed by atoms with Crippen molar-refractivity contribution < 1.29 is 0 Å². The monoisotopic (exact) mass is 227 g/mol. The predicted molar refractivity (Wildman–Crippen MR) is 68.0 cm³/mol. The van der Waals surface area contributed by atoms with Crippen LogP contribution >= 0.6 is 0 Å². The summed E-state index contributed by atoms with van der Waals surface area (Å²) in [6.45, 7) is 3.13. The standard InChI is InChI=1S/C14H17N3/c1-2-4-12(5-3-1)10-17-11-16-9-14(17)13-6-7-15-8-13/h1-5,9,11,13,15H,6-8,10H2. The Kier molecular flexibility index (Phi) is 2.92. The van der Waals surface area contributed by atoms with Crippen LogP contribution in [0.2, 0.25) is 0 Å². The number of hydrogen-bond donors (Lipinski definition) is 1. The van der Waals surface area contributed by atoms with E-state index in [4.69, 9.17) is 0 Å². The molecular formula is C14H17N3. The van der Waals surface area contributed by atoms with E-state index in [1.807, 2.05) is 12.5 Å². The minimum atomic E-state index is 0.626. The lowest BCUT2D eigenvalue weighted by Crippen LogP contribution is -2.11. The van der Waals surface area contributed by atoms with Gasteiger partial charge in [-0.2, -0.15) is 0 Å². The molecule has 1 aliphatic rings. The largest absolute Gasteiger partial charge is 0.330 e. The number of nitrogens with one attached hydrogen (secondary N) is 1. The Morgan fingerprint density at radius 3 is 2.94 bits per heavy atom. The first-order valence-electron chi connectivity index (χ1n) is 6.18. The van der Waals surface area contributed by atoms with Crippen molar-refractivity contribution >= 4 is 0 Å². The Hall–Kier alpha value is -1.61. The second kappa shape index (κ2) is 4.72. The van der Waals surface area contributed by atoms with E-state index in [0.29, 0.717) is 5.92 Å². The molecule has 0 amide bonds. The van der Waals surface area contributed by atoms with E-state index >= 15 is 0 Å². The van der Waals surface area contributed by atoms with Gasteiger partial charge in [0.1, 0.15) is 0 Å². The lowest BCUT2D eigenvalue weighted by Gasteiger charge is -2.12. The summed E-state index contributed by atoms with van der Waals surface area (Å²) in [6.07, 6.45) is 5.18. The number of hydrogen-bond acceptors (Lipinski definition) is 2. The Balaban J connectivity index is 1.81. The molecule has 0 spiro atoms. The van der Waals surface area contributed by atoms with Crippen LogP contribution in [0, 0.1) is 0 Å². The SMILES string of the molecule is c1ccc(Cn2cncc2C2CCNC2)cc1. The van der Waals surface area contributed by atoms with Crippen molar-refractivity contribution in [1.29, 1.82) is 0 Å². The van der Waals surface area contributed by atoms with Gasteiger partial charge in [0.25, 0.3) is 0 Å². The summed E-state index contributed by atoms with van der Waals surface area (Å²) >= 11 is 0. The van der Waals surface area contributed by atoms with E-state index < -0.39 is 0 Å². The normalized spacial score (nSPS) is 19.6. The summed E-state index contributed by atoms with van der Waals surface area (Å²) in [7, 11) is 0. The van der Waals surface area contributed by atoms with Gasteiger partial charge in [-0.25, -0.2) is 4.98 Å². The average Bonchev–Trinajstić information content (AvgIpc) is 3.00. The molecule has 1 aliphatic heterocycles. The van der Waals surface area contributed by atoms with Crippen LogP contribution in [-0.4, -0.2) is 22.6 Å². The number of aromatic nitrogens is 2. The van der Waals surface area contributed by atoms with Gasteiger partial charge in [0.15, 0.2) is 0 Å². The van der Waals surface area contributed by atoms with Gasteiger partial charge in [-0.15, -0.1) is 0 Å². The fourth-order valence-corrected chi connectivity index (χ4v) is 2.49. The van der Waals surface area contributed by atoms with Gasteiger partial charge < -0.3 is 9.88 Å². The fourth-order valence-electron chi connectivity index (χ4n) is 2.49. The zero-order valence-corrected chi connectivity index (χ0v) is 9.84. The molecule has 1 unspecified atom stereocenters. The summed E-state index contributed by atoms with van der Waals surface area (Å²) in [5.41, 5.74) is 2.69. The van der Waals surface area contributed by atoms with Crippen LogP contribution in [-0.2, 0) is 6.54 Å². The lowest BCUT2D eigenvalue weighted by atomic mass is 10.1. The van der Waals surface area contributed by atoms with Crippen molar-refractivity contribution in [1.82, 2.24) is 14.9 Å². The molecule has 2 heterocycles. The highest BCUT2D eigenvalue weighted by Gasteiger charge is 2.19. The molecule has 3 nitrogen and oxygen atoms in total.